The molecule has 0 fully saturated rings. The molecule has 0 aliphatic carbocycles. The highest BCUT2D eigenvalue weighted by atomic mass is 33.1. The number of aromatic nitrogens is 1. The Hall–Kier alpha value is -2.49. The Labute approximate surface area is 256 Å². The van der Waals surface area contributed by atoms with Crippen molar-refractivity contribution in [3.8, 4) is 0 Å². The van der Waals surface area contributed by atoms with Gasteiger partial charge in [-0.3, -0.25) is 25.2 Å². The van der Waals surface area contributed by atoms with Gasteiger partial charge in [-0.25, -0.2) is 0 Å². The minimum absolute atomic E-state index is 0.148. The SMILES string of the molecule is CN(C)c1cc(CNCCCSSc2ccccc2[N+](=O)[O-])nc(CNCCCSSc2ccccc2[N+](=O)[O-])c1. The summed E-state index contributed by atoms with van der Waals surface area (Å²) in [6.45, 7) is 2.98. The summed E-state index contributed by atoms with van der Waals surface area (Å²) in [7, 11) is 10.2. The summed E-state index contributed by atoms with van der Waals surface area (Å²) >= 11 is 0. The molecule has 0 aliphatic rings. The van der Waals surface area contributed by atoms with Crippen LogP contribution in [0.3, 0.4) is 0 Å². The van der Waals surface area contributed by atoms with Crippen LogP contribution in [0.2, 0.25) is 0 Å². The van der Waals surface area contributed by atoms with E-state index in [9.17, 15) is 20.2 Å². The molecule has 0 radical (unpaired) electrons. The van der Waals surface area contributed by atoms with Gasteiger partial charge in [0.25, 0.3) is 11.4 Å². The fourth-order valence-corrected chi connectivity index (χ4v) is 8.07. The van der Waals surface area contributed by atoms with E-state index in [-0.39, 0.29) is 21.2 Å². The first-order chi connectivity index (χ1) is 19.8. The third-order valence-electron chi connectivity index (χ3n) is 5.63. The average Bonchev–Trinajstić information content (AvgIpc) is 2.96. The molecule has 0 atom stereocenters. The van der Waals surface area contributed by atoms with Gasteiger partial charge in [-0.2, -0.15) is 0 Å². The van der Waals surface area contributed by atoms with E-state index >= 15 is 0 Å². The van der Waals surface area contributed by atoms with Gasteiger partial charge in [0.1, 0.15) is 0 Å². The maximum Gasteiger partial charge on any atom is 0.283 e. The standard InChI is InChI=1S/C27H34N6O4S4/c1-31(2)23-17-21(19-28-13-7-15-38-40-26-11-5-3-9-24(26)32(34)35)30-22(18-23)20-29-14-8-16-39-41-27-12-6-4-10-25(27)33(36)37/h3-6,9-12,17-18,28-29H,7-8,13-16,19-20H2,1-2H3. The van der Waals surface area contributed by atoms with Gasteiger partial charge in [-0.05, 0) is 50.2 Å². The van der Waals surface area contributed by atoms with Crippen molar-refractivity contribution in [3.63, 3.8) is 0 Å². The number of nitro benzene ring substituents is 2. The predicted octanol–water partition coefficient (Wildman–Crippen LogP) is 6.80. The number of nitrogens with one attached hydrogen (secondary N) is 2. The smallest absolute Gasteiger partial charge is 0.283 e. The lowest BCUT2D eigenvalue weighted by Crippen LogP contribution is -2.20. The molecule has 0 unspecified atom stereocenters. The summed E-state index contributed by atoms with van der Waals surface area (Å²) in [6.07, 6.45) is 1.88. The van der Waals surface area contributed by atoms with Crippen molar-refractivity contribution < 1.29 is 9.85 Å². The maximum absolute atomic E-state index is 11.1. The van der Waals surface area contributed by atoms with Crippen LogP contribution < -0.4 is 15.5 Å². The first-order valence-electron chi connectivity index (χ1n) is 13.0. The molecule has 14 heteroatoms. The summed E-state index contributed by atoms with van der Waals surface area (Å²) < 4.78 is 0. The topological polar surface area (TPSA) is 126 Å². The number of hydrogen-bond acceptors (Lipinski definition) is 12. The fraction of sp³-hybridized carbons (Fsp3) is 0.370. The molecule has 0 amide bonds. The molecule has 0 bridgehead atoms. The number of nitrogens with zero attached hydrogens (tertiary/aromatic N) is 4. The molecule has 3 aromatic rings. The normalized spacial score (nSPS) is 11.0. The van der Waals surface area contributed by atoms with E-state index in [1.807, 2.05) is 26.2 Å². The second kappa shape index (κ2) is 18.1. The van der Waals surface area contributed by atoms with Crippen LogP contribution in [0.1, 0.15) is 24.2 Å². The lowest BCUT2D eigenvalue weighted by atomic mass is 10.2. The van der Waals surface area contributed by atoms with Crippen LogP contribution in [0.25, 0.3) is 0 Å². The molecule has 2 aromatic carbocycles. The van der Waals surface area contributed by atoms with Gasteiger partial charge >= 0.3 is 0 Å². The van der Waals surface area contributed by atoms with Crippen molar-refractivity contribution in [2.75, 3.05) is 43.6 Å². The Morgan fingerprint density at radius 1 is 0.756 bits per heavy atom. The number of hydrogen-bond donors (Lipinski definition) is 2. The number of anilines is 1. The van der Waals surface area contributed by atoms with Gasteiger partial charge in [-0.1, -0.05) is 67.4 Å². The van der Waals surface area contributed by atoms with Crippen LogP contribution in [-0.2, 0) is 13.1 Å². The van der Waals surface area contributed by atoms with Crippen molar-refractivity contribution >= 4 is 60.2 Å². The Kier molecular flexibility index (Phi) is 14.6. The second-order valence-corrected chi connectivity index (χ2v) is 13.9. The van der Waals surface area contributed by atoms with Crippen molar-refractivity contribution in [3.05, 3.63) is 92.3 Å². The Balaban J connectivity index is 1.34. The summed E-state index contributed by atoms with van der Waals surface area (Å²) in [5.74, 6) is 1.76. The summed E-state index contributed by atoms with van der Waals surface area (Å²) in [4.78, 5) is 29.9. The fourth-order valence-electron chi connectivity index (χ4n) is 3.58. The number of para-hydroxylation sites is 2. The molecular formula is C27H34N6O4S4. The zero-order valence-corrected chi connectivity index (χ0v) is 26.3. The third kappa shape index (κ3) is 11.7. The van der Waals surface area contributed by atoms with Crippen molar-refractivity contribution in [2.45, 2.75) is 35.7 Å². The molecule has 0 aliphatic heterocycles. The Morgan fingerprint density at radius 3 is 1.61 bits per heavy atom. The van der Waals surface area contributed by atoms with Gasteiger partial charge in [-0.15, -0.1) is 0 Å². The highest BCUT2D eigenvalue weighted by Crippen LogP contribution is 2.38. The lowest BCUT2D eigenvalue weighted by Gasteiger charge is -2.16. The summed E-state index contributed by atoms with van der Waals surface area (Å²) in [5.41, 5.74) is 3.35. The highest BCUT2D eigenvalue weighted by molar-refractivity contribution is 8.77. The zero-order valence-electron chi connectivity index (χ0n) is 23.0. The molecule has 1 aromatic heterocycles. The first-order valence-corrected chi connectivity index (χ1v) is 17.6. The van der Waals surface area contributed by atoms with Crippen LogP contribution in [0, 0.1) is 20.2 Å². The Bertz CT molecular complexity index is 1190. The highest BCUT2D eigenvalue weighted by Gasteiger charge is 2.14. The van der Waals surface area contributed by atoms with Gasteiger partial charge < -0.3 is 15.5 Å². The molecule has 220 valence electrons. The first kappa shape index (κ1) is 33.0. The van der Waals surface area contributed by atoms with Gasteiger partial charge in [0.05, 0.1) is 31.0 Å². The van der Waals surface area contributed by atoms with E-state index < -0.39 is 0 Å². The molecule has 2 N–H and O–H groups in total. The average molecular weight is 635 g/mol. The van der Waals surface area contributed by atoms with Gasteiger partial charge in [0, 0.05) is 56.5 Å². The summed E-state index contributed by atoms with van der Waals surface area (Å²) in [6, 6.07) is 17.8. The number of nitro groups is 2. The number of rotatable bonds is 19. The molecule has 0 saturated heterocycles. The van der Waals surface area contributed by atoms with Crippen LogP contribution in [-0.4, -0.2) is 53.5 Å². The Morgan fingerprint density at radius 2 is 1.20 bits per heavy atom. The molecule has 0 spiro atoms. The minimum Gasteiger partial charge on any atom is -0.378 e. The van der Waals surface area contributed by atoms with E-state index in [0.29, 0.717) is 22.9 Å². The molecular weight excluding hydrogens is 601 g/mol. The largest absolute Gasteiger partial charge is 0.378 e. The minimum atomic E-state index is -0.342. The molecule has 1 heterocycles. The molecule has 0 saturated carbocycles. The predicted molar refractivity (Wildman–Crippen MR) is 174 cm³/mol. The number of pyridine rings is 1. The monoisotopic (exact) mass is 634 g/mol. The maximum atomic E-state index is 11.1. The van der Waals surface area contributed by atoms with Crippen molar-refractivity contribution in [2.24, 2.45) is 0 Å². The van der Waals surface area contributed by atoms with Crippen molar-refractivity contribution in [1.29, 1.82) is 0 Å². The van der Waals surface area contributed by atoms with E-state index in [2.05, 4.69) is 27.7 Å². The molecule has 41 heavy (non-hydrogen) atoms. The van der Waals surface area contributed by atoms with Crippen LogP contribution in [0.5, 0.6) is 0 Å². The van der Waals surface area contributed by atoms with Crippen LogP contribution in [0.4, 0.5) is 17.1 Å². The van der Waals surface area contributed by atoms with Crippen LogP contribution >= 0.6 is 43.2 Å². The van der Waals surface area contributed by atoms with E-state index in [1.165, 1.54) is 33.7 Å². The summed E-state index contributed by atoms with van der Waals surface area (Å²) in [5, 5.41) is 29.2. The molecule has 3 rings (SSSR count). The number of benzene rings is 2. The van der Waals surface area contributed by atoms with E-state index in [0.717, 1.165) is 54.5 Å². The quantitative estimate of drug-likeness (QED) is 0.0623. The molecule has 10 nitrogen and oxygen atoms in total. The third-order valence-corrected chi connectivity index (χ3v) is 10.6. The zero-order chi connectivity index (χ0) is 29.5. The van der Waals surface area contributed by atoms with E-state index in [1.54, 1.807) is 45.9 Å². The van der Waals surface area contributed by atoms with Crippen molar-refractivity contribution in [1.82, 2.24) is 15.6 Å². The lowest BCUT2D eigenvalue weighted by molar-refractivity contribution is -0.387. The van der Waals surface area contributed by atoms with Gasteiger partial charge in [0.15, 0.2) is 0 Å². The second-order valence-electron chi connectivity index (χ2n) is 9.02. The van der Waals surface area contributed by atoms with E-state index in [4.69, 9.17) is 4.98 Å². The van der Waals surface area contributed by atoms with Gasteiger partial charge in [0.2, 0.25) is 0 Å². The van der Waals surface area contributed by atoms with Crippen LogP contribution in [0.15, 0.2) is 70.5 Å².